The zero-order valence-corrected chi connectivity index (χ0v) is 17.5. The molecule has 0 fully saturated rings. The second kappa shape index (κ2) is 9.12. The Labute approximate surface area is 158 Å². The summed E-state index contributed by atoms with van der Waals surface area (Å²) in [6.45, 7) is 3.06. The Morgan fingerprint density at radius 1 is 0.885 bits per heavy atom. The van der Waals surface area contributed by atoms with E-state index in [0.29, 0.717) is 17.7 Å². The minimum Gasteiger partial charge on any atom is -0.494 e. The second-order valence-electron chi connectivity index (χ2n) is 7.18. The van der Waals surface area contributed by atoms with Crippen molar-refractivity contribution in [2.75, 3.05) is 34.8 Å². The number of hydrogen-bond acceptors (Lipinski definition) is 4. The normalized spacial score (nSPS) is 11.8. The van der Waals surface area contributed by atoms with Crippen molar-refractivity contribution in [3.8, 4) is 5.75 Å². The summed E-state index contributed by atoms with van der Waals surface area (Å²) in [7, 11) is 7.09. The van der Waals surface area contributed by atoms with E-state index in [0.717, 1.165) is 18.2 Å². The van der Waals surface area contributed by atoms with E-state index < -0.39 is 8.40 Å². The molecule has 2 rings (SSSR count). The number of benzene rings is 2. The van der Waals surface area contributed by atoms with Crippen molar-refractivity contribution in [3.05, 3.63) is 65.7 Å². The van der Waals surface area contributed by atoms with Gasteiger partial charge in [-0.25, -0.2) is 0 Å². The van der Waals surface area contributed by atoms with E-state index in [9.17, 15) is 4.79 Å². The van der Waals surface area contributed by atoms with Crippen LogP contribution in [0.5, 0.6) is 5.75 Å². The topological polar surface area (TPSA) is 32.8 Å². The Hall–Kier alpha value is -1.95. The Morgan fingerprint density at radius 2 is 1.42 bits per heavy atom. The number of rotatable bonds is 9. The van der Waals surface area contributed by atoms with Crippen molar-refractivity contribution in [2.45, 2.75) is 19.0 Å². The fourth-order valence-corrected chi connectivity index (χ4v) is 5.41. The molecule has 0 heterocycles. The first-order chi connectivity index (χ1) is 12.3. The van der Waals surface area contributed by atoms with Crippen LogP contribution >= 0.6 is 0 Å². The third-order valence-corrected chi connectivity index (χ3v) is 10.3. The van der Waals surface area contributed by atoms with Crippen LogP contribution in [0.15, 0.2) is 54.6 Å². The molecule has 2 aromatic rings. The van der Waals surface area contributed by atoms with Crippen molar-refractivity contribution in [2.24, 2.45) is 0 Å². The van der Waals surface area contributed by atoms with Crippen LogP contribution in [-0.4, -0.2) is 58.1 Å². The molecular weight excluding hydrogens is 340 g/mol. The van der Waals surface area contributed by atoms with Gasteiger partial charge in [-0.05, 0) is 71.5 Å². The minimum absolute atomic E-state index is 0.0379. The van der Waals surface area contributed by atoms with Crippen LogP contribution in [0.3, 0.4) is 0 Å². The highest BCUT2D eigenvalue weighted by Gasteiger charge is 2.32. The zero-order valence-electron chi connectivity index (χ0n) is 16.5. The molecule has 26 heavy (non-hydrogen) atoms. The number of ketones is 1. The molecule has 5 heteroatoms. The predicted octanol–water partition coefficient (Wildman–Crippen LogP) is 3.88. The first-order valence-corrected chi connectivity index (χ1v) is 11.6. The maximum absolute atomic E-state index is 12.4. The van der Waals surface area contributed by atoms with E-state index in [4.69, 9.17) is 4.74 Å². The Balaban J connectivity index is 1.87. The van der Waals surface area contributed by atoms with E-state index in [-0.39, 0.29) is 5.78 Å². The summed E-state index contributed by atoms with van der Waals surface area (Å²) in [6.07, 6.45) is 1.02. The number of carbonyl (C=O) groups excluding carboxylic acids is 1. The molecule has 0 radical (unpaired) electrons. The van der Waals surface area contributed by atoms with Crippen LogP contribution in [0.4, 0.5) is 0 Å². The molecule has 2 aromatic carbocycles. The maximum Gasteiger partial charge on any atom is 0.202 e. The third-order valence-electron chi connectivity index (χ3n) is 5.14. The molecule has 0 N–H and O–H groups in total. The van der Waals surface area contributed by atoms with Gasteiger partial charge in [0.1, 0.15) is 5.75 Å². The standard InChI is InChI=1S/C21H30N2O2Si/c1-22(2)26(5,23(3)4)17-9-16-25-20-14-12-19(13-15-20)21(24)18-10-7-6-8-11-18/h6-8,10-15H,9,16-17H2,1-5H3. The smallest absolute Gasteiger partial charge is 0.202 e. The summed E-state index contributed by atoms with van der Waals surface area (Å²) in [6, 6.07) is 17.9. The second-order valence-corrected chi connectivity index (χ2v) is 11.9. The zero-order chi connectivity index (χ0) is 19.2. The third kappa shape index (κ3) is 5.03. The highest BCUT2D eigenvalue weighted by atomic mass is 28.3. The number of ether oxygens (including phenoxy) is 1. The Kier molecular flexibility index (Phi) is 7.14. The average molecular weight is 371 g/mol. The fraction of sp³-hybridized carbons (Fsp3) is 0.381. The summed E-state index contributed by atoms with van der Waals surface area (Å²) in [4.78, 5) is 12.4. The van der Waals surface area contributed by atoms with Gasteiger partial charge in [0, 0.05) is 11.1 Å². The number of nitrogens with zero attached hydrogens (tertiary/aromatic N) is 2. The van der Waals surface area contributed by atoms with Gasteiger partial charge in [-0.2, -0.15) is 0 Å². The monoisotopic (exact) mass is 370 g/mol. The van der Waals surface area contributed by atoms with Gasteiger partial charge in [0.15, 0.2) is 5.78 Å². The van der Waals surface area contributed by atoms with Crippen molar-refractivity contribution < 1.29 is 9.53 Å². The summed E-state index contributed by atoms with van der Waals surface area (Å²) in [5.41, 5.74) is 1.39. The first kappa shape index (κ1) is 20.4. The highest BCUT2D eigenvalue weighted by Crippen LogP contribution is 2.19. The maximum atomic E-state index is 12.4. The molecule has 0 bridgehead atoms. The SMILES string of the molecule is CN(C)[Si](C)(CCCOc1ccc(C(=O)c2ccccc2)cc1)N(C)C. The number of carbonyl (C=O) groups is 1. The number of hydrogen-bond donors (Lipinski definition) is 0. The lowest BCUT2D eigenvalue weighted by Crippen LogP contribution is -2.58. The molecule has 0 spiro atoms. The lowest BCUT2D eigenvalue weighted by molar-refractivity contribution is 0.103. The van der Waals surface area contributed by atoms with Gasteiger partial charge in [0.2, 0.25) is 8.40 Å². The van der Waals surface area contributed by atoms with E-state index >= 15 is 0 Å². The average Bonchev–Trinajstić information content (AvgIpc) is 2.65. The molecule has 0 atom stereocenters. The van der Waals surface area contributed by atoms with Crippen LogP contribution in [0.1, 0.15) is 22.3 Å². The van der Waals surface area contributed by atoms with Crippen LogP contribution in [0.2, 0.25) is 12.6 Å². The minimum atomic E-state index is -1.56. The summed E-state index contributed by atoms with van der Waals surface area (Å²) in [5, 5.41) is 0. The Morgan fingerprint density at radius 3 is 1.96 bits per heavy atom. The van der Waals surface area contributed by atoms with Crippen molar-refractivity contribution >= 4 is 14.2 Å². The fourth-order valence-electron chi connectivity index (χ4n) is 2.90. The van der Waals surface area contributed by atoms with Gasteiger partial charge in [-0.15, -0.1) is 0 Å². The van der Waals surface area contributed by atoms with Gasteiger partial charge in [0.05, 0.1) is 6.61 Å². The van der Waals surface area contributed by atoms with Crippen molar-refractivity contribution in [3.63, 3.8) is 0 Å². The molecule has 0 amide bonds. The molecule has 0 saturated heterocycles. The van der Waals surface area contributed by atoms with Gasteiger partial charge in [-0.3, -0.25) is 4.79 Å². The van der Waals surface area contributed by atoms with Gasteiger partial charge < -0.3 is 13.9 Å². The lowest BCUT2D eigenvalue weighted by Gasteiger charge is -2.39. The Bertz CT molecular complexity index is 692. The van der Waals surface area contributed by atoms with Gasteiger partial charge in [-0.1, -0.05) is 30.3 Å². The molecule has 4 nitrogen and oxygen atoms in total. The molecule has 0 saturated carbocycles. The highest BCUT2D eigenvalue weighted by molar-refractivity contribution is 6.72. The van der Waals surface area contributed by atoms with Crippen LogP contribution in [0, 0.1) is 0 Å². The van der Waals surface area contributed by atoms with Crippen molar-refractivity contribution in [1.82, 2.24) is 9.13 Å². The lowest BCUT2D eigenvalue weighted by atomic mass is 10.0. The van der Waals surface area contributed by atoms with E-state index in [1.54, 1.807) is 0 Å². The molecule has 0 unspecified atom stereocenters. The van der Waals surface area contributed by atoms with E-state index in [1.165, 1.54) is 0 Å². The molecule has 0 aromatic heterocycles. The first-order valence-electron chi connectivity index (χ1n) is 9.02. The molecule has 0 aliphatic heterocycles. The van der Waals surface area contributed by atoms with E-state index in [1.807, 2.05) is 54.6 Å². The van der Waals surface area contributed by atoms with Crippen molar-refractivity contribution in [1.29, 1.82) is 0 Å². The van der Waals surface area contributed by atoms with E-state index in [2.05, 4.69) is 43.9 Å². The summed E-state index contributed by atoms with van der Waals surface area (Å²) < 4.78 is 10.6. The largest absolute Gasteiger partial charge is 0.494 e. The van der Waals surface area contributed by atoms with Crippen LogP contribution < -0.4 is 4.74 Å². The molecule has 0 aliphatic rings. The van der Waals surface area contributed by atoms with Crippen LogP contribution in [-0.2, 0) is 0 Å². The predicted molar refractivity (Wildman–Crippen MR) is 110 cm³/mol. The van der Waals surface area contributed by atoms with Crippen LogP contribution in [0.25, 0.3) is 0 Å². The quantitative estimate of drug-likeness (QED) is 0.381. The molecule has 0 aliphatic carbocycles. The summed E-state index contributed by atoms with van der Waals surface area (Å²) >= 11 is 0. The summed E-state index contributed by atoms with van der Waals surface area (Å²) in [5.74, 6) is 0.851. The molecular formula is C21H30N2O2Si. The van der Waals surface area contributed by atoms with Gasteiger partial charge in [0.25, 0.3) is 0 Å². The van der Waals surface area contributed by atoms with Gasteiger partial charge >= 0.3 is 0 Å². The molecule has 140 valence electrons.